The van der Waals surface area contributed by atoms with Crippen LogP contribution in [0.5, 0.6) is 0 Å². The number of H-pyrrole nitrogens is 1. The summed E-state index contributed by atoms with van der Waals surface area (Å²) in [5, 5.41) is 9.68. The third kappa shape index (κ3) is 2.36. The summed E-state index contributed by atoms with van der Waals surface area (Å²) >= 11 is 0. The van der Waals surface area contributed by atoms with Crippen molar-refractivity contribution in [2.75, 3.05) is 0 Å². The topological polar surface area (TPSA) is 78.1 Å². The minimum atomic E-state index is -0.409. The molecule has 0 radical (unpaired) electrons. The van der Waals surface area contributed by atoms with E-state index in [2.05, 4.69) is 15.5 Å². The first-order valence-corrected chi connectivity index (χ1v) is 5.67. The number of aromatic amines is 1. The number of amides is 2. The molecule has 1 saturated heterocycles. The summed E-state index contributed by atoms with van der Waals surface area (Å²) < 4.78 is 0. The van der Waals surface area contributed by atoms with Gasteiger partial charge in [0.15, 0.2) is 0 Å². The van der Waals surface area contributed by atoms with E-state index in [1.807, 2.05) is 19.9 Å². The summed E-state index contributed by atoms with van der Waals surface area (Å²) in [6, 6.07) is 1.34. The lowest BCUT2D eigenvalue weighted by molar-refractivity contribution is -0.140. The average Bonchev–Trinajstić information content (AvgIpc) is 2.84. The van der Waals surface area contributed by atoms with Crippen molar-refractivity contribution < 1.29 is 9.59 Å². The molecule has 2 amide bonds. The third-order valence-corrected chi connectivity index (χ3v) is 2.80. The number of imide groups is 1. The Morgan fingerprint density at radius 1 is 1.59 bits per heavy atom. The zero-order chi connectivity index (χ0) is 12.4. The highest BCUT2D eigenvalue weighted by Crippen LogP contribution is 2.16. The van der Waals surface area contributed by atoms with Crippen LogP contribution in [0.2, 0.25) is 0 Å². The van der Waals surface area contributed by atoms with Gasteiger partial charge in [-0.25, -0.2) is 0 Å². The molecule has 0 aliphatic carbocycles. The maximum absolute atomic E-state index is 11.9. The molecule has 6 heteroatoms. The maximum Gasteiger partial charge on any atom is 0.247 e. The largest absolute Gasteiger partial charge is 0.300 e. The number of rotatable bonds is 4. The molecule has 0 bridgehead atoms. The number of carbonyl (C=O) groups is 2. The fraction of sp³-hybridized carbons (Fsp3) is 0.545. The Hall–Kier alpha value is -1.69. The van der Waals surface area contributed by atoms with E-state index in [1.165, 1.54) is 4.90 Å². The van der Waals surface area contributed by atoms with Crippen LogP contribution in [0.1, 0.15) is 26.0 Å². The standard InChI is InChI=1S/C11H16N4O2/c1-7(2)15-10(16)5-9(11(15)17)12-6-8-3-4-13-14-8/h3-4,7,9,12H,5-6H2,1-2H3,(H,13,14). The summed E-state index contributed by atoms with van der Waals surface area (Å²) in [6.07, 6.45) is 1.89. The molecule has 1 aliphatic rings. The van der Waals surface area contributed by atoms with Crippen LogP contribution >= 0.6 is 0 Å². The maximum atomic E-state index is 11.9. The Morgan fingerprint density at radius 2 is 2.35 bits per heavy atom. The summed E-state index contributed by atoms with van der Waals surface area (Å²) in [4.78, 5) is 24.9. The second-order valence-electron chi connectivity index (χ2n) is 4.42. The molecule has 2 N–H and O–H groups in total. The molecule has 1 aromatic rings. The van der Waals surface area contributed by atoms with Crippen molar-refractivity contribution in [1.29, 1.82) is 0 Å². The zero-order valence-electron chi connectivity index (χ0n) is 9.93. The van der Waals surface area contributed by atoms with Gasteiger partial charge < -0.3 is 0 Å². The molecule has 0 saturated carbocycles. The van der Waals surface area contributed by atoms with Gasteiger partial charge in [0.1, 0.15) is 0 Å². The van der Waals surface area contributed by atoms with Crippen molar-refractivity contribution in [3.8, 4) is 0 Å². The molecular formula is C11H16N4O2. The fourth-order valence-electron chi connectivity index (χ4n) is 1.97. The van der Waals surface area contributed by atoms with Crippen molar-refractivity contribution in [2.24, 2.45) is 0 Å². The molecular weight excluding hydrogens is 220 g/mol. The van der Waals surface area contributed by atoms with Gasteiger partial charge in [0.2, 0.25) is 11.8 Å². The first kappa shape index (κ1) is 11.8. The van der Waals surface area contributed by atoms with Crippen LogP contribution in [0.4, 0.5) is 0 Å². The van der Waals surface area contributed by atoms with Crippen LogP contribution in [0.15, 0.2) is 12.3 Å². The predicted molar refractivity (Wildman–Crippen MR) is 60.8 cm³/mol. The van der Waals surface area contributed by atoms with Crippen molar-refractivity contribution in [3.63, 3.8) is 0 Å². The van der Waals surface area contributed by atoms with Gasteiger partial charge in [-0.15, -0.1) is 0 Å². The fourth-order valence-corrected chi connectivity index (χ4v) is 1.97. The van der Waals surface area contributed by atoms with Gasteiger partial charge >= 0.3 is 0 Å². The first-order valence-electron chi connectivity index (χ1n) is 5.67. The van der Waals surface area contributed by atoms with Gasteiger partial charge in [-0.1, -0.05) is 0 Å². The number of aromatic nitrogens is 2. The van der Waals surface area contributed by atoms with E-state index >= 15 is 0 Å². The SMILES string of the molecule is CC(C)N1C(=O)CC(NCc2ccn[nH]2)C1=O. The number of hydrogen-bond acceptors (Lipinski definition) is 4. The second-order valence-corrected chi connectivity index (χ2v) is 4.42. The third-order valence-electron chi connectivity index (χ3n) is 2.80. The summed E-state index contributed by atoms with van der Waals surface area (Å²) in [6.45, 7) is 4.19. The molecule has 0 spiro atoms. The molecule has 1 fully saturated rings. The van der Waals surface area contributed by atoms with Crippen LogP contribution in [-0.4, -0.2) is 39.0 Å². The predicted octanol–water partition coefficient (Wildman–Crippen LogP) is 0.0352. The van der Waals surface area contributed by atoms with E-state index in [0.29, 0.717) is 6.54 Å². The van der Waals surface area contributed by atoms with E-state index in [1.54, 1.807) is 6.20 Å². The van der Waals surface area contributed by atoms with E-state index < -0.39 is 6.04 Å². The van der Waals surface area contributed by atoms with Crippen LogP contribution in [0.3, 0.4) is 0 Å². The normalized spacial score (nSPS) is 20.6. The molecule has 1 aliphatic heterocycles. The summed E-state index contributed by atoms with van der Waals surface area (Å²) in [5.74, 6) is -0.239. The van der Waals surface area contributed by atoms with Gasteiger partial charge in [-0.3, -0.25) is 24.9 Å². The van der Waals surface area contributed by atoms with Crippen LogP contribution < -0.4 is 5.32 Å². The van der Waals surface area contributed by atoms with Gasteiger partial charge in [0.25, 0.3) is 0 Å². The van der Waals surface area contributed by atoms with Crippen molar-refractivity contribution >= 4 is 11.8 Å². The Balaban J connectivity index is 1.95. The highest BCUT2D eigenvalue weighted by Gasteiger charge is 2.39. The zero-order valence-corrected chi connectivity index (χ0v) is 9.93. The monoisotopic (exact) mass is 236 g/mol. The molecule has 17 heavy (non-hydrogen) atoms. The highest BCUT2D eigenvalue weighted by molar-refractivity contribution is 6.05. The minimum absolute atomic E-state index is 0.0750. The number of hydrogen-bond donors (Lipinski definition) is 2. The first-order chi connectivity index (χ1) is 8.09. The molecule has 92 valence electrons. The van der Waals surface area contributed by atoms with Crippen molar-refractivity contribution in [1.82, 2.24) is 20.4 Å². The number of likely N-dealkylation sites (tertiary alicyclic amines) is 1. The van der Waals surface area contributed by atoms with Crippen molar-refractivity contribution in [3.05, 3.63) is 18.0 Å². The van der Waals surface area contributed by atoms with Gasteiger partial charge in [0.05, 0.1) is 12.5 Å². The lowest BCUT2D eigenvalue weighted by atomic mass is 10.2. The molecule has 1 unspecified atom stereocenters. The Labute approximate surface area is 99.4 Å². The van der Waals surface area contributed by atoms with E-state index in [-0.39, 0.29) is 24.3 Å². The highest BCUT2D eigenvalue weighted by atomic mass is 16.2. The molecule has 6 nitrogen and oxygen atoms in total. The smallest absolute Gasteiger partial charge is 0.247 e. The Morgan fingerprint density at radius 3 is 2.88 bits per heavy atom. The van der Waals surface area contributed by atoms with Gasteiger partial charge in [-0.05, 0) is 19.9 Å². The van der Waals surface area contributed by atoms with Gasteiger partial charge in [-0.2, -0.15) is 5.10 Å². The minimum Gasteiger partial charge on any atom is -0.300 e. The van der Waals surface area contributed by atoms with E-state index in [9.17, 15) is 9.59 Å². The Bertz CT molecular complexity index is 413. The lowest BCUT2D eigenvalue weighted by Crippen LogP contribution is -2.41. The quantitative estimate of drug-likeness (QED) is 0.723. The molecule has 0 aromatic carbocycles. The molecule has 1 aromatic heterocycles. The lowest BCUT2D eigenvalue weighted by Gasteiger charge is -2.19. The van der Waals surface area contributed by atoms with E-state index in [4.69, 9.17) is 0 Å². The average molecular weight is 236 g/mol. The Kier molecular flexibility index (Phi) is 3.23. The molecule has 2 heterocycles. The van der Waals surface area contributed by atoms with Crippen LogP contribution in [0, 0.1) is 0 Å². The second kappa shape index (κ2) is 4.67. The number of carbonyl (C=O) groups excluding carboxylic acids is 2. The van der Waals surface area contributed by atoms with Crippen LogP contribution in [-0.2, 0) is 16.1 Å². The summed E-state index contributed by atoms with van der Waals surface area (Å²) in [5.41, 5.74) is 0.897. The molecule has 1 atom stereocenters. The van der Waals surface area contributed by atoms with Gasteiger partial charge in [0, 0.05) is 24.5 Å². The van der Waals surface area contributed by atoms with Crippen molar-refractivity contribution in [2.45, 2.75) is 38.9 Å². The summed E-state index contributed by atoms with van der Waals surface area (Å²) in [7, 11) is 0. The van der Waals surface area contributed by atoms with Crippen LogP contribution in [0.25, 0.3) is 0 Å². The van der Waals surface area contributed by atoms with E-state index in [0.717, 1.165) is 5.69 Å². The molecule has 2 rings (SSSR count). The number of nitrogens with zero attached hydrogens (tertiary/aromatic N) is 2. The number of nitrogens with one attached hydrogen (secondary N) is 2.